The first-order valence-corrected chi connectivity index (χ1v) is 4.70. The van der Waals surface area contributed by atoms with Crippen molar-refractivity contribution in [3.05, 3.63) is 17.4 Å². The number of carbonyl (C=O) groups is 1. The van der Waals surface area contributed by atoms with Crippen LogP contribution in [0.3, 0.4) is 0 Å². The number of aromatic nitrogens is 3. The smallest absolute Gasteiger partial charge is 0.296 e. The van der Waals surface area contributed by atoms with Gasteiger partial charge in [0, 0.05) is 6.20 Å². The maximum atomic E-state index is 12.0. The lowest BCUT2D eigenvalue weighted by atomic mass is 10.4. The summed E-state index contributed by atoms with van der Waals surface area (Å²) in [5.74, 6) is -2.50. The van der Waals surface area contributed by atoms with E-state index < -0.39 is 12.1 Å². The van der Waals surface area contributed by atoms with Crippen molar-refractivity contribution in [3.8, 4) is 0 Å². The van der Waals surface area contributed by atoms with Crippen LogP contribution in [0.2, 0.25) is 5.15 Å². The molecule has 0 aliphatic heterocycles. The van der Waals surface area contributed by atoms with Crippen LogP contribution in [0.15, 0.2) is 12.3 Å². The van der Waals surface area contributed by atoms with Gasteiger partial charge in [-0.1, -0.05) is 4.98 Å². The fourth-order valence-corrected chi connectivity index (χ4v) is 1.43. The summed E-state index contributed by atoms with van der Waals surface area (Å²) in [5, 5.41) is 2.06. The molecule has 0 atom stereocenters. The van der Waals surface area contributed by atoms with Crippen molar-refractivity contribution in [2.24, 2.45) is 0 Å². The molecule has 3 N–H and O–H groups in total. The van der Waals surface area contributed by atoms with Crippen LogP contribution in [0, 0.1) is 0 Å². The van der Waals surface area contributed by atoms with E-state index in [-0.39, 0.29) is 11.1 Å². The van der Waals surface area contributed by atoms with Gasteiger partial charge in [0.15, 0.2) is 0 Å². The van der Waals surface area contributed by atoms with Gasteiger partial charge in [-0.2, -0.15) is 13.2 Å². The lowest BCUT2D eigenvalue weighted by molar-refractivity contribution is -0.334. The molecule has 0 aromatic carbocycles. The molecule has 0 fully saturated rings. The molecule has 2 rings (SSSR count). The molecular weight excluding hydrogens is 261 g/mol. The molecule has 17 heavy (non-hydrogen) atoms. The van der Waals surface area contributed by atoms with E-state index in [0.29, 0.717) is 11.0 Å². The highest BCUT2D eigenvalue weighted by Crippen LogP contribution is 2.20. The minimum Gasteiger partial charge on any atom is -0.296 e. The first kappa shape index (κ1) is 11.6. The molecule has 0 bridgehead atoms. The molecule has 0 saturated carbocycles. The van der Waals surface area contributed by atoms with E-state index >= 15 is 0 Å². The summed E-state index contributed by atoms with van der Waals surface area (Å²) >= 11 is 5.72. The van der Waals surface area contributed by atoms with Gasteiger partial charge in [0.25, 0.3) is 0 Å². The summed E-state index contributed by atoms with van der Waals surface area (Å²) < 4.78 is 36.0. The first-order valence-electron chi connectivity index (χ1n) is 4.32. The van der Waals surface area contributed by atoms with Gasteiger partial charge in [-0.3, -0.25) is 9.78 Å². The zero-order valence-electron chi connectivity index (χ0n) is 8.02. The normalized spacial score (nSPS) is 11.8. The number of carbonyl (C=O) groups excluding carboxylic acids is 1. The van der Waals surface area contributed by atoms with Gasteiger partial charge in [0.2, 0.25) is 10.8 Å². The number of H-pyrrole nitrogens is 2. The summed E-state index contributed by atoms with van der Waals surface area (Å²) in [4.78, 5) is 19.4. The highest BCUT2D eigenvalue weighted by Gasteiger charge is 2.41. The summed E-state index contributed by atoms with van der Waals surface area (Å²) in [6.45, 7) is 0. The predicted molar refractivity (Wildman–Crippen MR) is 52.3 cm³/mol. The Morgan fingerprint density at radius 1 is 1.53 bits per heavy atom. The molecule has 90 valence electrons. The third-order valence-electron chi connectivity index (χ3n) is 1.91. The fraction of sp³-hybridized carbons (Fsp3) is 0.125. The molecule has 0 saturated heterocycles. The summed E-state index contributed by atoms with van der Waals surface area (Å²) in [5.41, 5.74) is 0.363. The van der Waals surface area contributed by atoms with E-state index in [1.54, 1.807) is 11.4 Å². The lowest BCUT2D eigenvalue weighted by Gasteiger charge is -2.02. The Kier molecular flexibility index (Phi) is 2.66. The maximum Gasteiger partial charge on any atom is 0.483 e. The number of halogens is 4. The van der Waals surface area contributed by atoms with Gasteiger partial charge < -0.3 is 0 Å². The highest BCUT2D eigenvalue weighted by molar-refractivity contribution is 6.33. The minimum absolute atomic E-state index is 0.0162. The summed E-state index contributed by atoms with van der Waals surface area (Å²) in [6, 6.07) is 1.59. The van der Waals surface area contributed by atoms with E-state index in [0.717, 1.165) is 0 Å². The van der Waals surface area contributed by atoms with Crippen LogP contribution in [-0.4, -0.2) is 22.1 Å². The van der Waals surface area contributed by atoms with Crippen molar-refractivity contribution in [2.75, 3.05) is 5.32 Å². The number of amides is 1. The summed E-state index contributed by atoms with van der Waals surface area (Å²) in [7, 11) is 0. The van der Waals surface area contributed by atoms with Crippen LogP contribution in [0.4, 0.5) is 19.1 Å². The zero-order valence-corrected chi connectivity index (χ0v) is 8.78. The van der Waals surface area contributed by atoms with Crippen LogP contribution in [-0.2, 0) is 4.79 Å². The van der Waals surface area contributed by atoms with E-state index in [1.807, 2.05) is 0 Å². The maximum absolute atomic E-state index is 12.0. The number of nitrogens with one attached hydrogen (secondary N) is 3. The van der Waals surface area contributed by atoms with E-state index in [9.17, 15) is 18.0 Å². The van der Waals surface area contributed by atoms with Gasteiger partial charge in [0.05, 0.1) is 5.39 Å². The number of hydrogen-bond donors (Lipinski definition) is 2. The predicted octanol–water partition coefficient (Wildman–Crippen LogP) is 1.53. The van der Waals surface area contributed by atoms with E-state index in [4.69, 9.17) is 11.6 Å². The van der Waals surface area contributed by atoms with Gasteiger partial charge in [0.1, 0.15) is 0 Å². The largest absolute Gasteiger partial charge is 0.483 e. The number of alkyl halides is 3. The number of anilines is 1. The van der Waals surface area contributed by atoms with Crippen LogP contribution >= 0.6 is 11.6 Å². The standard InChI is InChI=1S/C8H4ClF3N4O/c9-4-3-1-2-13-5(3)15-7(14-4)16-6(17)8(10,11)12/h1-2H,(H2,13,14,15,16,17)/p+1. The molecule has 0 aliphatic rings. The topological polar surface area (TPSA) is 71.9 Å². The molecule has 0 aliphatic carbocycles. The molecule has 0 spiro atoms. The zero-order chi connectivity index (χ0) is 12.6. The van der Waals surface area contributed by atoms with Crippen molar-refractivity contribution < 1.29 is 22.9 Å². The number of nitrogens with zero attached hydrogens (tertiary/aromatic N) is 1. The number of aromatic amines is 2. The third-order valence-corrected chi connectivity index (χ3v) is 2.20. The Hall–Kier alpha value is -1.83. The average Bonchev–Trinajstić information content (AvgIpc) is 2.64. The first-order chi connectivity index (χ1) is 7.88. The van der Waals surface area contributed by atoms with Crippen molar-refractivity contribution in [1.29, 1.82) is 0 Å². The van der Waals surface area contributed by atoms with Gasteiger partial charge >= 0.3 is 18.0 Å². The van der Waals surface area contributed by atoms with Gasteiger partial charge in [-0.25, -0.2) is 10.3 Å². The number of hydrogen-bond acceptors (Lipinski definition) is 2. The molecule has 5 nitrogen and oxygen atoms in total. The van der Waals surface area contributed by atoms with Crippen molar-refractivity contribution in [1.82, 2.24) is 9.97 Å². The summed E-state index contributed by atoms with van der Waals surface area (Å²) in [6.07, 6.45) is -3.45. The Balaban J connectivity index is 2.34. The Labute approximate surface area is 97.0 Å². The lowest BCUT2D eigenvalue weighted by Crippen LogP contribution is -2.33. The average molecular weight is 266 g/mol. The fourth-order valence-electron chi connectivity index (χ4n) is 1.19. The van der Waals surface area contributed by atoms with Crippen LogP contribution in [0.5, 0.6) is 0 Å². The third kappa shape index (κ3) is 2.31. The van der Waals surface area contributed by atoms with Gasteiger partial charge in [-0.15, -0.1) is 0 Å². The molecule has 9 heteroatoms. The van der Waals surface area contributed by atoms with Crippen molar-refractivity contribution >= 4 is 34.5 Å². The highest BCUT2D eigenvalue weighted by atomic mass is 35.5. The monoisotopic (exact) mass is 265 g/mol. The quantitative estimate of drug-likeness (QED) is 0.768. The minimum atomic E-state index is -4.98. The van der Waals surface area contributed by atoms with E-state index in [2.05, 4.69) is 15.0 Å². The second-order valence-electron chi connectivity index (χ2n) is 3.09. The van der Waals surface area contributed by atoms with Gasteiger partial charge in [-0.05, 0) is 17.7 Å². The Morgan fingerprint density at radius 3 is 2.88 bits per heavy atom. The van der Waals surface area contributed by atoms with Crippen LogP contribution in [0.1, 0.15) is 0 Å². The van der Waals surface area contributed by atoms with Crippen molar-refractivity contribution in [3.63, 3.8) is 0 Å². The van der Waals surface area contributed by atoms with E-state index in [1.165, 1.54) is 6.20 Å². The second kappa shape index (κ2) is 3.88. The molecule has 2 aromatic rings. The molecule has 1 amide bonds. The van der Waals surface area contributed by atoms with Crippen molar-refractivity contribution in [2.45, 2.75) is 6.18 Å². The molecular formula is C8H5ClF3N4O+. The molecule has 0 radical (unpaired) electrons. The number of fused-ring (bicyclic) bond motifs is 1. The van der Waals surface area contributed by atoms with Crippen LogP contribution in [0.25, 0.3) is 11.0 Å². The number of rotatable bonds is 1. The second-order valence-corrected chi connectivity index (χ2v) is 3.45. The van der Waals surface area contributed by atoms with Crippen LogP contribution < -0.4 is 10.3 Å². The Bertz CT molecular complexity index is 580. The Morgan fingerprint density at radius 2 is 2.24 bits per heavy atom. The molecule has 2 aromatic heterocycles. The molecule has 2 heterocycles. The SMILES string of the molecule is O=C(Nc1nc(Cl)c2cc[nH]c2[nH+]1)C(F)(F)F. The molecule has 0 unspecified atom stereocenters.